The third-order valence-electron chi connectivity index (χ3n) is 2.86. The molecular weight excluding hydrogens is 218 g/mol. The first kappa shape index (κ1) is 11.4. The van der Waals surface area contributed by atoms with Gasteiger partial charge in [-0.3, -0.25) is 4.79 Å². The molecule has 5 heteroatoms. The quantitative estimate of drug-likeness (QED) is 0.729. The van der Waals surface area contributed by atoms with Crippen molar-refractivity contribution in [3.63, 3.8) is 0 Å². The second kappa shape index (κ2) is 4.45. The SMILES string of the molecule is CNC(=O)N1Cc2ccccc2CN1C(C)=O. The molecule has 2 rings (SSSR count). The lowest BCUT2D eigenvalue weighted by molar-refractivity contribution is -0.145. The smallest absolute Gasteiger partial charge is 0.336 e. The summed E-state index contributed by atoms with van der Waals surface area (Å²) in [7, 11) is 1.56. The van der Waals surface area contributed by atoms with Gasteiger partial charge in [0.25, 0.3) is 0 Å². The van der Waals surface area contributed by atoms with E-state index in [1.807, 2.05) is 24.3 Å². The minimum absolute atomic E-state index is 0.136. The number of nitrogens with one attached hydrogen (secondary N) is 1. The van der Waals surface area contributed by atoms with Gasteiger partial charge in [0.2, 0.25) is 5.91 Å². The summed E-state index contributed by atoms with van der Waals surface area (Å²) in [5.41, 5.74) is 2.16. The predicted octanol–water partition coefficient (Wildman–Crippen LogP) is 1.11. The van der Waals surface area contributed by atoms with Gasteiger partial charge in [0.05, 0.1) is 13.1 Å². The molecule has 5 nitrogen and oxygen atoms in total. The molecule has 0 aromatic heterocycles. The van der Waals surface area contributed by atoms with Crippen LogP contribution in [0.3, 0.4) is 0 Å². The molecule has 0 spiro atoms. The maximum absolute atomic E-state index is 11.7. The molecule has 1 heterocycles. The highest BCUT2D eigenvalue weighted by molar-refractivity contribution is 5.80. The van der Waals surface area contributed by atoms with Gasteiger partial charge in [0.1, 0.15) is 0 Å². The summed E-state index contributed by atoms with van der Waals surface area (Å²) >= 11 is 0. The molecule has 1 aromatic rings. The molecule has 0 radical (unpaired) electrons. The number of amides is 3. The zero-order valence-electron chi connectivity index (χ0n) is 9.93. The van der Waals surface area contributed by atoms with Gasteiger partial charge >= 0.3 is 6.03 Å². The Morgan fingerprint density at radius 2 is 1.65 bits per heavy atom. The molecule has 90 valence electrons. The summed E-state index contributed by atoms with van der Waals surface area (Å²) in [6.07, 6.45) is 0. The van der Waals surface area contributed by atoms with Crippen molar-refractivity contribution in [3.8, 4) is 0 Å². The predicted molar refractivity (Wildman–Crippen MR) is 62.7 cm³/mol. The maximum atomic E-state index is 11.7. The Labute approximate surface area is 100.0 Å². The molecule has 0 atom stereocenters. The first-order valence-corrected chi connectivity index (χ1v) is 5.47. The van der Waals surface area contributed by atoms with Crippen LogP contribution < -0.4 is 5.32 Å². The molecule has 0 saturated carbocycles. The van der Waals surface area contributed by atoms with Crippen LogP contribution in [0.25, 0.3) is 0 Å². The van der Waals surface area contributed by atoms with Crippen molar-refractivity contribution in [2.75, 3.05) is 7.05 Å². The Morgan fingerprint density at radius 1 is 1.12 bits per heavy atom. The molecule has 17 heavy (non-hydrogen) atoms. The Balaban J connectivity index is 2.34. The molecule has 0 bridgehead atoms. The molecule has 0 unspecified atom stereocenters. The highest BCUT2D eigenvalue weighted by Crippen LogP contribution is 2.22. The number of hydrazine groups is 1. The van der Waals surface area contributed by atoms with Gasteiger partial charge in [-0.25, -0.2) is 14.8 Å². The Hall–Kier alpha value is -2.04. The summed E-state index contributed by atoms with van der Waals surface area (Å²) in [5.74, 6) is -0.136. The fraction of sp³-hybridized carbons (Fsp3) is 0.333. The highest BCUT2D eigenvalue weighted by atomic mass is 16.2. The Kier molecular flexibility index (Phi) is 2.99. The fourth-order valence-electron chi connectivity index (χ4n) is 1.95. The van der Waals surface area contributed by atoms with E-state index >= 15 is 0 Å². The van der Waals surface area contributed by atoms with Crippen molar-refractivity contribution in [3.05, 3.63) is 35.4 Å². The summed E-state index contributed by atoms with van der Waals surface area (Å²) in [4.78, 5) is 23.3. The summed E-state index contributed by atoms with van der Waals surface area (Å²) < 4.78 is 0. The molecule has 1 aromatic carbocycles. The average Bonchev–Trinajstić information content (AvgIpc) is 2.36. The molecule has 1 aliphatic heterocycles. The second-order valence-corrected chi connectivity index (χ2v) is 3.96. The lowest BCUT2D eigenvalue weighted by Gasteiger charge is -2.38. The van der Waals surface area contributed by atoms with E-state index in [9.17, 15) is 9.59 Å². The number of hydrogen-bond donors (Lipinski definition) is 1. The third-order valence-corrected chi connectivity index (χ3v) is 2.86. The van der Waals surface area contributed by atoms with Crippen LogP contribution in [0.15, 0.2) is 24.3 Å². The second-order valence-electron chi connectivity index (χ2n) is 3.96. The van der Waals surface area contributed by atoms with E-state index < -0.39 is 0 Å². The Bertz CT molecular complexity index is 459. The van der Waals surface area contributed by atoms with E-state index in [0.717, 1.165) is 11.1 Å². The van der Waals surface area contributed by atoms with Crippen molar-refractivity contribution in [2.24, 2.45) is 0 Å². The standard InChI is InChI=1S/C12H15N3O2/c1-9(16)14-7-10-5-3-4-6-11(10)8-15(14)12(17)13-2/h3-6H,7-8H2,1-2H3,(H,13,17). The lowest BCUT2D eigenvalue weighted by Crippen LogP contribution is -2.53. The van der Waals surface area contributed by atoms with Crippen molar-refractivity contribution >= 4 is 11.9 Å². The van der Waals surface area contributed by atoms with E-state index in [2.05, 4.69) is 5.32 Å². The van der Waals surface area contributed by atoms with Crippen LogP contribution in [-0.2, 0) is 17.9 Å². The number of hydrogen-bond acceptors (Lipinski definition) is 2. The van der Waals surface area contributed by atoms with Crippen LogP contribution in [0.1, 0.15) is 18.1 Å². The van der Waals surface area contributed by atoms with Crippen LogP contribution in [0.5, 0.6) is 0 Å². The summed E-state index contributed by atoms with van der Waals surface area (Å²) in [6.45, 7) is 2.33. The van der Waals surface area contributed by atoms with Crippen LogP contribution in [0.2, 0.25) is 0 Å². The topological polar surface area (TPSA) is 52.7 Å². The zero-order chi connectivity index (χ0) is 12.4. The largest absolute Gasteiger partial charge is 0.340 e. The summed E-state index contributed by atoms with van der Waals surface area (Å²) in [6, 6.07) is 7.56. The number of benzene rings is 1. The maximum Gasteiger partial charge on any atom is 0.336 e. The molecule has 0 aliphatic carbocycles. The number of nitrogens with zero attached hydrogens (tertiary/aromatic N) is 2. The van der Waals surface area contributed by atoms with E-state index in [1.54, 1.807) is 7.05 Å². The zero-order valence-corrected chi connectivity index (χ0v) is 9.93. The minimum Gasteiger partial charge on any atom is -0.340 e. The van der Waals surface area contributed by atoms with Gasteiger partial charge in [0, 0.05) is 14.0 Å². The minimum atomic E-state index is -0.269. The van der Waals surface area contributed by atoms with Crippen molar-refractivity contribution in [1.29, 1.82) is 0 Å². The van der Waals surface area contributed by atoms with Gasteiger partial charge in [-0.2, -0.15) is 0 Å². The number of rotatable bonds is 0. The lowest BCUT2D eigenvalue weighted by atomic mass is 10.1. The van der Waals surface area contributed by atoms with Gasteiger partial charge in [0.15, 0.2) is 0 Å². The molecule has 1 aliphatic rings. The van der Waals surface area contributed by atoms with Gasteiger partial charge < -0.3 is 5.32 Å². The number of fused-ring (bicyclic) bond motifs is 1. The van der Waals surface area contributed by atoms with Crippen LogP contribution in [0, 0.1) is 0 Å². The monoisotopic (exact) mass is 233 g/mol. The number of carbonyl (C=O) groups is 2. The molecule has 0 fully saturated rings. The van der Waals surface area contributed by atoms with E-state index in [-0.39, 0.29) is 11.9 Å². The van der Waals surface area contributed by atoms with E-state index in [4.69, 9.17) is 0 Å². The van der Waals surface area contributed by atoms with Crippen LogP contribution in [0.4, 0.5) is 4.79 Å². The molecule has 1 N–H and O–H groups in total. The van der Waals surface area contributed by atoms with Gasteiger partial charge in [-0.15, -0.1) is 0 Å². The van der Waals surface area contributed by atoms with Gasteiger partial charge in [-0.05, 0) is 11.1 Å². The first-order valence-electron chi connectivity index (χ1n) is 5.47. The normalized spacial score (nSPS) is 14.2. The Morgan fingerprint density at radius 3 is 2.12 bits per heavy atom. The highest BCUT2D eigenvalue weighted by Gasteiger charge is 2.28. The van der Waals surface area contributed by atoms with Gasteiger partial charge in [-0.1, -0.05) is 24.3 Å². The molecular formula is C12H15N3O2. The first-order chi connectivity index (χ1) is 8.13. The van der Waals surface area contributed by atoms with E-state index in [1.165, 1.54) is 16.9 Å². The van der Waals surface area contributed by atoms with Crippen LogP contribution in [-0.4, -0.2) is 29.0 Å². The van der Waals surface area contributed by atoms with E-state index in [0.29, 0.717) is 13.1 Å². The summed E-state index contributed by atoms with van der Waals surface area (Å²) in [5, 5.41) is 5.44. The van der Waals surface area contributed by atoms with Crippen molar-refractivity contribution < 1.29 is 9.59 Å². The molecule has 0 saturated heterocycles. The number of urea groups is 1. The van der Waals surface area contributed by atoms with Crippen LogP contribution >= 0.6 is 0 Å². The van der Waals surface area contributed by atoms with Crippen molar-refractivity contribution in [2.45, 2.75) is 20.0 Å². The fourth-order valence-corrected chi connectivity index (χ4v) is 1.95. The number of carbonyl (C=O) groups excluding carboxylic acids is 2. The third kappa shape index (κ3) is 2.08. The molecule has 3 amide bonds. The van der Waals surface area contributed by atoms with Crippen molar-refractivity contribution in [1.82, 2.24) is 15.3 Å². The average molecular weight is 233 g/mol.